The molecule has 1 aromatic heterocycles. The lowest BCUT2D eigenvalue weighted by atomic mass is 10.0. The van der Waals surface area contributed by atoms with E-state index in [1.165, 1.54) is 5.56 Å². The zero-order valence-corrected chi connectivity index (χ0v) is 12.6. The molecule has 1 unspecified atom stereocenters. The first-order valence-electron chi connectivity index (χ1n) is 7.75. The standard InChI is InChI=1S/C17H23N3O/c1-2-3-14-4-6-15(7-5-14)16(21)12-19-10-11-20-9-8-18-17(20)13-19/h4-9,16,21H,2-3,10-13H2,1H3. The second-order valence-electron chi connectivity index (χ2n) is 5.78. The van der Waals surface area contributed by atoms with E-state index in [1.54, 1.807) is 0 Å². The molecule has 1 atom stereocenters. The molecule has 1 aromatic carbocycles. The summed E-state index contributed by atoms with van der Waals surface area (Å²) in [6, 6.07) is 8.37. The molecule has 1 aliphatic heterocycles. The van der Waals surface area contributed by atoms with Crippen LogP contribution in [0.4, 0.5) is 0 Å². The fourth-order valence-corrected chi connectivity index (χ4v) is 2.92. The molecule has 1 aliphatic rings. The minimum atomic E-state index is -0.429. The van der Waals surface area contributed by atoms with Crippen molar-refractivity contribution >= 4 is 0 Å². The Morgan fingerprint density at radius 3 is 2.81 bits per heavy atom. The van der Waals surface area contributed by atoms with Gasteiger partial charge in [0.2, 0.25) is 0 Å². The Hall–Kier alpha value is -1.65. The molecule has 0 aliphatic carbocycles. The molecule has 3 rings (SSSR count). The molecule has 0 saturated carbocycles. The van der Waals surface area contributed by atoms with Crippen LogP contribution in [0.15, 0.2) is 36.7 Å². The van der Waals surface area contributed by atoms with Crippen LogP contribution in [0.5, 0.6) is 0 Å². The van der Waals surface area contributed by atoms with Crippen molar-refractivity contribution in [3.8, 4) is 0 Å². The highest BCUT2D eigenvalue weighted by Gasteiger charge is 2.19. The summed E-state index contributed by atoms with van der Waals surface area (Å²) >= 11 is 0. The van der Waals surface area contributed by atoms with E-state index in [0.717, 1.165) is 43.9 Å². The van der Waals surface area contributed by atoms with Crippen molar-refractivity contribution in [1.29, 1.82) is 0 Å². The van der Waals surface area contributed by atoms with Crippen LogP contribution in [0.25, 0.3) is 0 Å². The first-order chi connectivity index (χ1) is 10.3. The number of benzene rings is 1. The summed E-state index contributed by atoms with van der Waals surface area (Å²) in [6.07, 6.45) is 5.70. The number of fused-ring (bicyclic) bond motifs is 1. The van der Waals surface area contributed by atoms with Crippen LogP contribution in [-0.2, 0) is 19.5 Å². The van der Waals surface area contributed by atoms with Crippen LogP contribution >= 0.6 is 0 Å². The Labute approximate surface area is 126 Å². The fourth-order valence-electron chi connectivity index (χ4n) is 2.92. The molecule has 2 heterocycles. The molecule has 0 spiro atoms. The minimum absolute atomic E-state index is 0.429. The highest BCUT2D eigenvalue weighted by atomic mass is 16.3. The van der Waals surface area contributed by atoms with E-state index < -0.39 is 6.10 Å². The third kappa shape index (κ3) is 3.34. The lowest BCUT2D eigenvalue weighted by Gasteiger charge is -2.29. The number of aliphatic hydroxyl groups is 1. The normalized spacial score (nSPS) is 16.7. The van der Waals surface area contributed by atoms with E-state index in [-0.39, 0.29) is 0 Å². The van der Waals surface area contributed by atoms with Gasteiger partial charge in [-0.1, -0.05) is 37.6 Å². The average Bonchev–Trinajstić information content (AvgIpc) is 2.96. The average molecular weight is 285 g/mol. The second-order valence-corrected chi connectivity index (χ2v) is 5.78. The van der Waals surface area contributed by atoms with Crippen LogP contribution in [0.1, 0.15) is 36.4 Å². The molecule has 0 bridgehead atoms. The molecule has 2 aromatic rings. The maximum atomic E-state index is 10.4. The summed E-state index contributed by atoms with van der Waals surface area (Å²) in [4.78, 5) is 6.63. The van der Waals surface area contributed by atoms with Gasteiger partial charge < -0.3 is 9.67 Å². The van der Waals surface area contributed by atoms with Gasteiger partial charge in [-0.15, -0.1) is 0 Å². The van der Waals surface area contributed by atoms with E-state index in [2.05, 4.69) is 45.6 Å². The first kappa shape index (κ1) is 14.3. The fraction of sp³-hybridized carbons (Fsp3) is 0.471. The molecule has 4 heteroatoms. The molecule has 112 valence electrons. The molecular weight excluding hydrogens is 262 g/mol. The Balaban J connectivity index is 1.60. The van der Waals surface area contributed by atoms with Gasteiger partial charge in [0.1, 0.15) is 5.82 Å². The summed E-state index contributed by atoms with van der Waals surface area (Å²) in [5.41, 5.74) is 2.34. The number of aryl methyl sites for hydroxylation is 1. The number of hydrogen-bond acceptors (Lipinski definition) is 3. The van der Waals surface area contributed by atoms with Gasteiger partial charge in [-0.2, -0.15) is 0 Å². The SMILES string of the molecule is CCCc1ccc(C(O)CN2CCn3ccnc3C2)cc1. The van der Waals surface area contributed by atoms with Crippen molar-refractivity contribution in [3.63, 3.8) is 0 Å². The van der Waals surface area contributed by atoms with Crippen molar-refractivity contribution in [1.82, 2.24) is 14.5 Å². The monoisotopic (exact) mass is 285 g/mol. The Morgan fingerprint density at radius 1 is 1.24 bits per heavy atom. The predicted molar refractivity (Wildman–Crippen MR) is 82.9 cm³/mol. The topological polar surface area (TPSA) is 41.3 Å². The van der Waals surface area contributed by atoms with E-state index >= 15 is 0 Å². The van der Waals surface area contributed by atoms with Gasteiger partial charge in [-0.3, -0.25) is 4.90 Å². The number of aliphatic hydroxyl groups excluding tert-OH is 1. The number of rotatable bonds is 5. The van der Waals surface area contributed by atoms with Gasteiger partial charge in [-0.05, 0) is 17.5 Å². The summed E-state index contributed by atoms with van der Waals surface area (Å²) in [6.45, 7) is 5.59. The van der Waals surface area contributed by atoms with E-state index in [9.17, 15) is 5.11 Å². The number of aromatic nitrogens is 2. The van der Waals surface area contributed by atoms with Crippen molar-refractivity contribution in [2.45, 2.75) is 39.0 Å². The smallest absolute Gasteiger partial charge is 0.122 e. The van der Waals surface area contributed by atoms with E-state index in [4.69, 9.17) is 0 Å². The van der Waals surface area contributed by atoms with E-state index in [0.29, 0.717) is 6.54 Å². The lowest BCUT2D eigenvalue weighted by molar-refractivity contribution is 0.0962. The number of imidazole rings is 1. The molecule has 0 fully saturated rings. The van der Waals surface area contributed by atoms with Gasteiger partial charge in [0.15, 0.2) is 0 Å². The lowest BCUT2D eigenvalue weighted by Crippen LogP contribution is -2.36. The van der Waals surface area contributed by atoms with Gasteiger partial charge in [0, 0.05) is 32.0 Å². The van der Waals surface area contributed by atoms with Crippen LogP contribution in [0.2, 0.25) is 0 Å². The molecule has 0 amide bonds. The van der Waals surface area contributed by atoms with Crippen LogP contribution in [-0.4, -0.2) is 32.6 Å². The zero-order valence-electron chi connectivity index (χ0n) is 12.6. The molecule has 21 heavy (non-hydrogen) atoms. The van der Waals surface area contributed by atoms with Gasteiger partial charge in [0.05, 0.1) is 12.6 Å². The third-order valence-electron chi connectivity index (χ3n) is 4.16. The summed E-state index contributed by atoms with van der Waals surface area (Å²) < 4.78 is 2.18. The van der Waals surface area contributed by atoms with Crippen LogP contribution in [0.3, 0.4) is 0 Å². The van der Waals surface area contributed by atoms with Gasteiger partial charge in [0.25, 0.3) is 0 Å². The second kappa shape index (κ2) is 6.41. The van der Waals surface area contributed by atoms with Gasteiger partial charge in [-0.25, -0.2) is 4.98 Å². The zero-order chi connectivity index (χ0) is 14.7. The minimum Gasteiger partial charge on any atom is -0.387 e. The highest BCUT2D eigenvalue weighted by Crippen LogP contribution is 2.18. The van der Waals surface area contributed by atoms with Crippen LogP contribution in [0, 0.1) is 0 Å². The van der Waals surface area contributed by atoms with Crippen LogP contribution < -0.4 is 0 Å². The van der Waals surface area contributed by atoms with Crippen molar-refractivity contribution in [2.75, 3.05) is 13.1 Å². The number of hydrogen-bond donors (Lipinski definition) is 1. The predicted octanol–water partition coefficient (Wildman–Crippen LogP) is 2.38. The molecule has 0 radical (unpaired) electrons. The number of β-amino-alcohol motifs (C(OH)–C–C–N with tert-alkyl or cyclic N) is 1. The summed E-state index contributed by atoms with van der Waals surface area (Å²) in [5.74, 6) is 1.09. The Kier molecular flexibility index (Phi) is 4.36. The van der Waals surface area contributed by atoms with Crippen molar-refractivity contribution in [3.05, 3.63) is 53.6 Å². The van der Waals surface area contributed by atoms with Gasteiger partial charge >= 0.3 is 0 Å². The molecule has 4 nitrogen and oxygen atoms in total. The maximum Gasteiger partial charge on any atom is 0.122 e. The summed E-state index contributed by atoms with van der Waals surface area (Å²) in [5, 5.41) is 10.4. The molecule has 0 saturated heterocycles. The summed E-state index contributed by atoms with van der Waals surface area (Å²) in [7, 11) is 0. The first-order valence-corrected chi connectivity index (χ1v) is 7.75. The third-order valence-corrected chi connectivity index (χ3v) is 4.16. The Morgan fingerprint density at radius 2 is 2.05 bits per heavy atom. The molecule has 1 N–H and O–H groups in total. The quantitative estimate of drug-likeness (QED) is 0.917. The maximum absolute atomic E-state index is 10.4. The number of nitrogens with zero attached hydrogens (tertiary/aromatic N) is 3. The van der Waals surface area contributed by atoms with Crippen molar-refractivity contribution < 1.29 is 5.11 Å². The van der Waals surface area contributed by atoms with E-state index in [1.807, 2.05) is 12.4 Å². The Bertz CT molecular complexity index is 576. The highest BCUT2D eigenvalue weighted by molar-refractivity contribution is 5.24. The molecular formula is C17H23N3O. The van der Waals surface area contributed by atoms with Crippen molar-refractivity contribution in [2.24, 2.45) is 0 Å². The largest absolute Gasteiger partial charge is 0.387 e.